The van der Waals surface area contributed by atoms with Crippen molar-refractivity contribution in [3.05, 3.63) is 23.8 Å². The summed E-state index contributed by atoms with van der Waals surface area (Å²) in [4.78, 5) is 13.7. The highest BCUT2D eigenvalue weighted by Gasteiger charge is 2.43. The van der Waals surface area contributed by atoms with Crippen LogP contribution in [-0.2, 0) is 0 Å². The summed E-state index contributed by atoms with van der Waals surface area (Å²) in [5.41, 5.74) is 5.58. The smallest absolute Gasteiger partial charge is 0.256 e. The van der Waals surface area contributed by atoms with E-state index in [0.29, 0.717) is 25.2 Å². The highest BCUT2D eigenvalue weighted by Crippen LogP contribution is 2.29. The Bertz CT molecular complexity index is 467. The number of nitrogens with two attached hydrogens (primary N) is 1. The Kier molecular flexibility index (Phi) is 3.17. The first kappa shape index (κ1) is 12.7. The van der Waals surface area contributed by atoms with E-state index >= 15 is 0 Å². The molecule has 0 saturated carbocycles. The summed E-state index contributed by atoms with van der Waals surface area (Å²) >= 11 is 0. The van der Waals surface area contributed by atoms with Gasteiger partial charge in [-0.05, 0) is 24.6 Å². The lowest BCUT2D eigenvalue weighted by molar-refractivity contribution is -0.0859. The van der Waals surface area contributed by atoms with Crippen LogP contribution in [0, 0.1) is 0 Å². The van der Waals surface area contributed by atoms with Crippen molar-refractivity contribution < 1.29 is 15.0 Å². The summed E-state index contributed by atoms with van der Waals surface area (Å²) in [5, 5.41) is 19.4. The maximum absolute atomic E-state index is 12.1. The number of amides is 1. The number of phenols is 1. The molecule has 1 aromatic rings. The van der Waals surface area contributed by atoms with Crippen molar-refractivity contribution in [2.75, 3.05) is 18.8 Å². The SMILES string of the molecule is CCCC1(O)CN(C(=O)c2cc(O)ccc2N)C1. The van der Waals surface area contributed by atoms with Gasteiger partial charge in [-0.1, -0.05) is 13.3 Å². The van der Waals surface area contributed by atoms with Crippen molar-refractivity contribution in [2.24, 2.45) is 0 Å². The number of anilines is 1. The average Bonchev–Trinajstić information content (AvgIpc) is 2.28. The molecule has 4 N–H and O–H groups in total. The summed E-state index contributed by atoms with van der Waals surface area (Å²) in [5.74, 6) is -0.235. The number of nitrogen functional groups attached to an aromatic ring is 1. The Hall–Kier alpha value is -1.75. The summed E-state index contributed by atoms with van der Waals surface area (Å²) < 4.78 is 0. The number of hydrogen-bond donors (Lipinski definition) is 3. The molecule has 0 unspecified atom stereocenters. The molecule has 1 aliphatic rings. The van der Waals surface area contributed by atoms with Gasteiger partial charge in [0.2, 0.25) is 0 Å². The standard InChI is InChI=1S/C13H18N2O3/c1-2-5-13(18)7-15(8-13)12(17)10-6-9(16)3-4-11(10)14/h3-4,6,16,18H,2,5,7-8,14H2,1H3. The minimum atomic E-state index is -0.754. The number of carbonyl (C=O) groups excluding carboxylic acids is 1. The maximum atomic E-state index is 12.1. The molecule has 0 radical (unpaired) electrons. The Morgan fingerprint density at radius 1 is 1.50 bits per heavy atom. The molecule has 1 fully saturated rings. The van der Waals surface area contributed by atoms with Crippen molar-refractivity contribution >= 4 is 11.6 Å². The summed E-state index contributed by atoms with van der Waals surface area (Å²) in [6, 6.07) is 4.30. The van der Waals surface area contributed by atoms with Gasteiger partial charge in [0.05, 0.1) is 24.3 Å². The van der Waals surface area contributed by atoms with Gasteiger partial charge in [0, 0.05) is 5.69 Å². The number of aliphatic hydroxyl groups is 1. The molecule has 0 atom stereocenters. The fourth-order valence-electron chi connectivity index (χ4n) is 2.33. The van der Waals surface area contributed by atoms with Crippen LogP contribution in [0.15, 0.2) is 18.2 Å². The molecule has 1 aliphatic heterocycles. The monoisotopic (exact) mass is 250 g/mol. The molecular formula is C13H18N2O3. The zero-order valence-electron chi connectivity index (χ0n) is 10.4. The molecular weight excluding hydrogens is 232 g/mol. The molecule has 0 aliphatic carbocycles. The Morgan fingerprint density at radius 3 is 2.78 bits per heavy atom. The molecule has 18 heavy (non-hydrogen) atoms. The second kappa shape index (κ2) is 4.49. The van der Waals surface area contributed by atoms with Crippen LogP contribution >= 0.6 is 0 Å². The van der Waals surface area contributed by atoms with E-state index in [9.17, 15) is 15.0 Å². The van der Waals surface area contributed by atoms with Gasteiger partial charge in [-0.15, -0.1) is 0 Å². The first-order valence-electron chi connectivity index (χ1n) is 6.05. The van der Waals surface area contributed by atoms with Gasteiger partial charge in [-0.3, -0.25) is 4.79 Å². The van der Waals surface area contributed by atoms with E-state index in [1.807, 2.05) is 6.92 Å². The maximum Gasteiger partial charge on any atom is 0.256 e. The van der Waals surface area contributed by atoms with Crippen LogP contribution in [0.5, 0.6) is 5.75 Å². The second-order valence-electron chi connectivity index (χ2n) is 4.91. The molecule has 1 aromatic carbocycles. The number of carbonyl (C=O) groups is 1. The molecule has 0 spiro atoms. The van der Waals surface area contributed by atoms with E-state index in [0.717, 1.165) is 6.42 Å². The Balaban J connectivity index is 2.08. The molecule has 1 amide bonds. The summed E-state index contributed by atoms with van der Waals surface area (Å²) in [6.45, 7) is 2.65. The number of rotatable bonds is 3. The van der Waals surface area contributed by atoms with E-state index in [2.05, 4.69) is 0 Å². The Labute approximate surface area is 106 Å². The van der Waals surface area contributed by atoms with Crippen LogP contribution in [0.25, 0.3) is 0 Å². The molecule has 1 heterocycles. The van der Waals surface area contributed by atoms with Crippen LogP contribution in [0.4, 0.5) is 5.69 Å². The van der Waals surface area contributed by atoms with Crippen molar-refractivity contribution in [3.8, 4) is 5.75 Å². The fourth-order valence-corrected chi connectivity index (χ4v) is 2.33. The molecule has 0 bridgehead atoms. The number of likely N-dealkylation sites (tertiary alicyclic amines) is 1. The van der Waals surface area contributed by atoms with E-state index < -0.39 is 5.60 Å². The van der Waals surface area contributed by atoms with E-state index in [1.54, 1.807) is 4.90 Å². The largest absolute Gasteiger partial charge is 0.508 e. The van der Waals surface area contributed by atoms with Gasteiger partial charge in [0.15, 0.2) is 0 Å². The minimum absolute atomic E-state index is 0.0110. The molecule has 98 valence electrons. The molecule has 5 heteroatoms. The fraction of sp³-hybridized carbons (Fsp3) is 0.462. The highest BCUT2D eigenvalue weighted by atomic mass is 16.3. The van der Waals surface area contributed by atoms with Crippen molar-refractivity contribution in [2.45, 2.75) is 25.4 Å². The van der Waals surface area contributed by atoms with E-state index in [4.69, 9.17) is 5.73 Å². The number of phenolic OH excluding ortho intramolecular Hbond substituents is 1. The van der Waals surface area contributed by atoms with Crippen LogP contribution in [0.3, 0.4) is 0 Å². The van der Waals surface area contributed by atoms with Crippen molar-refractivity contribution in [1.82, 2.24) is 4.90 Å². The van der Waals surface area contributed by atoms with Crippen LogP contribution in [0.2, 0.25) is 0 Å². The summed E-state index contributed by atoms with van der Waals surface area (Å²) in [6.07, 6.45) is 1.57. The van der Waals surface area contributed by atoms with Gasteiger partial charge in [0.1, 0.15) is 5.75 Å². The van der Waals surface area contributed by atoms with Gasteiger partial charge in [-0.25, -0.2) is 0 Å². The number of hydrogen-bond acceptors (Lipinski definition) is 4. The van der Waals surface area contributed by atoms with Crippen molar-refractivity contribution in [3.63, 3.8) is 0 Å². The third-order valence-corrected chi connectivity index (χ3v) is 3.24. The lowest BCUT2D eigenvalue weighted by atomic mass is 9.88. The molecule has 0 aromatic heterocycles. The number of benzene rings is 1. The third-order valence-electron chi connectivity index (χ3n) is 3.24. The average molecular weight is 250 g/mol. The zero-order valence-corrected chi connectivity index (χ0v) is 10.4. The molecule has 1 saturated heterocycles. The number of aromatic hydroxyl groups is 1. The predicted octanol–water partition coefficient (Wildman–Crippen LogP) is 0.961. The summed E-state index contributed by atoms with van der Waals surface area (Å²) in [7, 11) is 0. The highest BCUT2D eigenvalue weighted by molar-refractivity contribution is 6.00. The van der Waals surface area contributed by atoms with E-state index in [-0.39, 0.29) is 17.2 Å². The normalized spacial score (nSPS) is 17.3. The Morgan fingerprint density at radius 2 is 2.17 bits per heavy atom. The predicted molar refractivity (Wildman–Crippen MR) is 68.3 cm³/mol. The third kappa shape index (κ3) is 2.26. The minimum Gasteiger partial charge on any atom is -0.508 e. The van der Waals surface area contributed by atoms with Gasteiger partial charge in [-0.2, -0.15) is 0 Å². The van der Waals surface area contributed by atoms with Crippen LogP contribution in [0.1, 0.15) is 30.1 Å². The number of β-amino-alcohol motifs (C(OH)–C–C–N with tert-alkyl or cyclic N) is 1. The van der Waals surface area contributed by atoms with Crippen molar-refractivity contribution in [1.29, 1.82) is 0 Å². The van der Waals surface area contributed by atoms with Crippen LogP contribution in [-0.4, -0.2) is 39.7 Å². The lowest BCUT2D eigenvalue weighted by Gasteiger charge is -2.46. The van der Waals surface area contributed by atoms with Gasteiger partial charge in [0.25, 0.3) is 5.91 Å². The first-order valence-corrected chi connectivity index (χ1v) is 6.05. The topological polar surface area (TPSA) is 86.8 Å². The van der Waals surface area contributed by atoms with Gasteiger partial charge < -0.3 is 20.8 Å². The second-order valence-corrected chi connectivity index (χ2v) is 4.91. The lowest BCUT2D eigenvalue weighted by Crippen LogP contribution is -2.63. The molecule has 5 nitrogen and oxygen atoms in total. The van der Waals surface area contributed by atoms with Crippen LogP contribution < -0.4 is 5.73 Å². The zero-order chi connectivity index (χ0) is 13.3. The number of nitrogens with zero attached hydrogens (tertiary/aromatic N) is 1. The molecule has 2 rings (SSSR count). The quantitative estimate of drug-likeness (QED) is 0.551. The first-order chi connectivity index (χ1) is 8.45. The van der Waals surface area contributed by atoms with Gasteiger partial charge >= 0.3 is 0 Å². The van der Waals surface area contributed by atoms with E-state index in [1.165, 1.54) is 18.2 Å².